The first-order valence-electron chi connectivity index (χ1n) is 7.70. The van der Waals surface area contributed by atoms with Crippen molar-refractivity contribution in [3.8, 4) is 5.75 Å². The molecule has 0 aliphatic rings. The van der Waals surface area contributed by atoms with E-state index in [0.717, 1.165) is 11.3 Å². The highest BCUT2D eigenvalue weighted by atomic mass is 35.5. The maximum Gasteiger partial charge on any atom is 0.246 e. The minimum absolute atomic E-state index is 0. The van der Waals surface area contributed by atoms with E-state index in [9.17, 15) is 4.79 Å². The first-order valence-corrected chi connectivity index (χ1v) is 7.70. The van der Waals surface area contributed by atoms with Gasteiger partial charge in [0.25, 0.3) is 0 Å². The first kappa shape index (κ1) is 20.0. The molecule has 2 N–H and O–H groups in total. The lowest BCUT2D eigenvalue weighted by Gasteiger charge is -2.29. The Balaban J connectivity index is 0.00000288. The standard InChI is InChI=1S/C19H24N2O2.ClH/c1-15-9-11-17(12-10-15)23-14-13-21(3)18(22)19(2,20)16-7-5-4-6-8-16;/h4-12H,13-14,20H2,1-3H3;1H. The second-order valence-electron chi connectivity index (χ2n) is 5.96. The number of halogens is 1. The van der Waals surface area contributed by atoms with Crippen molar-refractivity contribution >= 4 is 18.3 Å². The van der Waals surface area contributed by atoms with E-state index in [-0.39, 0.29) is 18.3 Å². The zero-order chi connectivity index (χ0) is 16.9. The molecule has 1 unspecified atom stereocenters. The lowest BCUT2D eigenvalue weighted by molar-refractivity contribution is -0.135. The Morgan fingerprint density at radius 1 is 1.12 bits per heavy atom. The second kappa shape index (κ2) is 8.71. The van der Waals surface area contributed by atoms with Gasteiger partial charge in [0.05, 0.1) is 6.54 Å². The number of carbonyl (C=O) groups excluding carboxylic acids is 1. The largest absolute Gasteiger partial charge is 0.492 e. The Kier molecular flexibility index (Phi) is 7.26. The van der Waals surface area contributed by atoms with Crippen molar-refractivity contribution in [3.63, 3.8) is 0 Å². The van der Waals surface area contributed by atoms with Gasteiger partial charge in [-0.15, -0.1) is 12.4 Å². The maximum atomic E-state index is 12.6. The predicted molar refractivity (Wildman–Crippen MR) is 99.5 cm³/mol. The van der Waals surface area contributed by atoms with Crippen LogP contribution in [0, 0.1) is 6.92 Å². The molecule has 0 aliphatic heterocycles. The van der Waals surface area contributed by atoms with Crippen LogP contribution in [0.3, 0.4) is 0 Å². The molecule has 4 nitrogen and oxygen atoms in total. The van der Waals surface area contributed by atoms with E-state index in [1.54, 1.807) is 18.9 Å². The quantitative estimate of drug-likeness (QED) is 0.872. The van der Waals surface area contributed by atoms with Crippen LogP contribution in [0.2, 0.25) is 0 Å². The molecule has 130 valence electrons. The highest BCUT2D eigenvalue weighted by molar-refractivity contribution is 5.86. The molecule has 0 fully saturated rings. The van der Waals surface area contributed by atoms with Crippen LogP contribution in [-0.4, -0.2) is 31.0 Å². The number of rotatable bonds is 6. The van der Waals surface area contributed by atoms with Gasteiger partial charge in [-0.2, -0.15) is 0 Å². The van der Waals surface area contributed by atoms with Crippen LogP contribution in [-0.2, 0) is 10.3 Å². The van der Waals surface area contributed by atoms with E-state index >= 15 is 0 Å². The van der Waals surface area contributed by atoms with E-state index in [2.05, 4.69) is 0 Å². The summed E-state index contributed by atoms with van der Waals surface area (Å²) in [5, 5.41) is 0. The summed E-state index contributed by atoms with van der Waals surface area (Å²) >= 11 is 0. The van der Waals surface area contributed by atoms with Gasteiger partial charge in [-0.25, -0.2) is 0 Å². The van der Waals surface area contributed by atoms with Gasteiger partial charge < -0.3 is 15.4 Å². The smallest absolute Gasteiger partial charge is 0.246 e. The van der Waals surface area contributed by atoms with Gasteiger partial charge in [0.1, 0.15) is 17.9 Å². The van der Waals surface area contributed by atoms with Crippen LogP contribution < -0.4 is 10.5 Å². The molecule has 0 aromatic heterocycles. The third-order valence-electron chi connectivity index (χ3n) is 3.88. The number of hydrogen-bond acceptors (Lipinski definition) is 3. The molecule has 0 saturated carbocycles. The number of ether oxygens (including phenoxy) is 1. The van der Waals surface area contributed by atoms with Gasteiger partial charge in [-0.1, -0.05) is 48.0 Å². The summed E-state index contributed by atoms with van der Waals surface area (Å²) in [6, 6.07) is 17.3. The average molecular weight is 349 g/mol. The van der Waals surface area contributed by atoms with Gasteiger partial charge in [-0.3, -0.25) is 4.79 Å². The number of benzene rings is 2. The predicted octanol–water partition coefficient (Wildman–Crippen LogP) is 3.13. The zero-order valence-electron chi connectivity index (χ0n) is 14.4. The Bertz CT molecular complexity index is 642. The molecular weight excluding hydrogens is 324 g/mol. The summed E-state index contributed by atoms with van der Waals surface area (Å²) in [5.74, 6) is 0.672. The monoisotopic (exact) mass is 348 g/mol. The molecule has 0 saturated heterocycles. The third kappa shape index (κ3) is 4.98. The topological polar surface area (TPSA) is 55.6 Å². The van der Waals surface area contributed by atoms with Crippen molar-refractivity contribution in [2.75, 3.05) is 20.2 Å². The molecular formula is C19H25ClN2O2. The summed E-state index contributed by atoms with van der Waals surface area (Å²) in [7, 11) is 1.74. The zero-order valence-corrected chi connectivity index (χ0v) is 15.2. The maximum absolute atomic E-state index is 12.6. The number of hydrogen-bond donors (Lipinski definition) is 1. The molecule has 2 aromatic carbocycles. The van der Waals surface area contributed by atoms with Gasteiger partial charge in [0.15, 0.2) is 0 Å². The number of nitrogens with two attached hydrogens (primary N) is 1. The van der Waals surface area contributed by atoms with E-state index in [0.29, 0.717) is 13.2 Å². The molecule has 1 amide bonds. The molecule has 24 heavy (non-hydrogen) atoms. The minimum Gasteiger partial charge on any atom is -0.492 e. The average Bonchev–Trinajstić information content (AvgIpc) is 2.56. The van der Waals surface area contributed by atoms with Gasteiger partial charge >= 0.3 is 0 Å². The number of aryl methyl sites for hydroxylation is 1. The molecule has 0 aliphatic carbocycles. The molecule has 0 spiro atoms. The summed E-state index contributed by atoms with van der Waals surface area (Å²) in [6.07, 6.45) is 0. The summed E-state index contributed by atoms with van der Waals surface area (Å²) in [6.45, 7) is 4.67. The highest BCUT2D eigenvalue weighted by Gasteiger charge is 2.32. The van der Waals surface area contributed by atoms with Crippen LogP contribution in [0.15, 0.2) is 54.6 Å². The summed E-state index contributed by atoms with van der Waals surface area (Å²) < 4.78 is 5.67. The Morgan fingerprint density at radius 3 is 2.29 bits per heavy atom. The number of carbonyl (C=O) groups is 1. The van der Waals surface area contributed by atoms with Crippen LogP contribution in [0.25, 0.3) is 0 Å². The normalized spacial score (nSPS) is 12.7. The van der Waals surface area contributed by atoms with Crippen molar-refractivity contribution in [3.05, 3.63) is 65.7 Å². The summed E-state index contributed by atoms with van der Waals surface area (Å²) in [5.41, 5.74) is 7.20. The number of nitrogens with zero attached hydrogens (tertiary/aromatic N) is 1. The fourth-order valence-electron chi connectivity index (χ4n) is 2.34. The van der Waals surface area contributed by atoms with Crippen LogP contribution in [0.1, 0.15) is 18.1 Å². The van der Waals surface area contributed by atoms with Crippen molar-refractivity contribution in [1.29, 1.82) is 0 Å². The lowest BCUT2D eigenvalue weighted by Crippen LogP contribution is -2.50. The molecule has 2 rings (SSSR count). The summed E-state index contributed by atoms with van der Waals surface area (Å²) in [4.78, 5) is 14.2. The Morgan fingerprint density at radius 2 is 1.71 bits per heavy atom. The van der Waals surface area contributed by atoms with Crippen LogP contribution in [0.4, 0.5) is 0 Å². The third-order valence-corrected chi connectivity index (χ3v) is 3.88. The molecule has 0 radical (unpaired) electrons. The SMILES string of the molecule is Cc1ccc(OCCN(C)C(=O)C(C)(N)c2ccccc2)cc1.Cl. The number of amides is 1. The van der Waals surface area contributed by atoms with Gasteiger partial charge in [0.2, 0.25) is 5.91 Å². The van der Waals surface area contributed by atoms with E-state index in [4.69, 9.17) is 10.5 Å². The number of likely N-dealkylation sites (N-methyl/N-ethyl adjacent to an activating group) is 1. The van der Waals surface area contributed by atoms with Gasteiger partial charge in [-0.05, 0) is 31.5 Å². The van der Waals surface area contributed by atoms with E-state index in [1.807, 2.05) is 61.5 Å². The van der Waals surface area contributed by atoms with Crippen molar-refractivity contribution in [2.24, 2.45) is 5.73 Å². The van der Waals surface area contributed by atoms with E-state index < -0.39 is 5.54 Å². The molecule has 0 bridgehead atoms. The molecule has 1 atom stereocenters. The minimum atomic E-state index is -1.04. The highest BCUT2D eigenvalue weighted by Crippen LogP contribution is 2.19. The van der Waals surface area contributed by atoms with Crippen LogP contribution in [0.5, 0.6) is 5.75 Å². The van der Waals surface area contributed by atoms with Crippen LogP contribution >= 0.6 is 12.4 Å². The van der Waals surface area contributed by atoms with Crippen molar-refractivity contribution in [2.45, 2.75) is 19.4 Å². The molecule has 2 aromatic rings. The lowest BCUT2D eigenvalue weighted by atomic mass is 9.92. The first-order chi connectivity index (χ1) is 10.9. The van der Waals surface area contributed by atoms with Crippen molar-refractivity contribution < 1.29 is 9.53 Å². The fourth-order valence-corrected chi connectivity index (χ4v) is 2.34. The Hall–Kier alpha value is -2.04. The molecule has 0 heterocycles. The fraction of sp³-hybridized carbons (Fsp3) is 0.316. The second-order valence-corrected chi connectivity index (χ2v) is 5.96. The van der Waals surface area contributed by atoms with Gasteiger partial charge in [0, 0.05) is 7.05 Å². The van der Waals surface area contributed by atoms with Crippen molar-refractivity contribution in [1.82, 2.24) is 4.90 Å². The molecule has 5 heteroatoms. The van der Waals surface area contributed by atoms with E-state index in [1.165, 1.54) is 5.56 Å². The Labute approximate surface area is 150 Å².